The van der Waals surface area contributed by atoms with Gasteiger partial charge in [0.05, 0.1) is 5.75 Å². The fourth-order valence-electron chi connectivity index (χ4n) is 3.80. The molecular formula is C29H31Cl2FN2O2S. The highest BCUT2D eigenvalue weighted by Crippen LogP contribution is 2.28. The lowest BCUT2D eigenvalue weighted by molar-refractivity contribution is -0.139. The van der Waals surface area contributed by atoms with Crippen LogP contribution in [-0.4, -0.2) is 34.6 Å². The molecule has 0 saturated heterocycles. The first-order valence-corrected chi connectivity index (χ1v) is 14.1. The van der Waals surface area contributed by atoms with E-state index >= 15 is 0 Å². The van der Waals surface area contributed by atoms with Crippen molar-refractivity contribution < 1.29 is 14.0 Å². The molecular weight excluding hydrogens is 530 g/mol. The third kappa shape index (κ3) is 8.49. The van der Waals surface area contributed by atoms with Crippen molar-refractivity contribution in [3.05, 3.63) is 105 Å². The molecule has 3 rings (SSSR count). The first kappa shape index (κ1) is 29.0. The van der Waals surface area contributed by atoms with Crippen LogP contribution < -0.4 is 5.32 Å². The van der Waals surface area contributed by atoms with Crippen molar-refractivity contribution in [1.82, 2.24) is 10.2 Å². The lowest BCUT2D eigenvalue weighted by atomic mass is 10.0. The Hall–Kier alpha value is -2.54. The van der Waals surface area contributed by atoms with Crippen molar-refractivity contribution in [3.63, 3.8) is 0 Å². The minimum atomic E-state index is -0.812. The predicted molar refractivity (Wildman–Crippen MR) is 151 cm³/mol. The van der Waals surface area contributed by atoms with Crippen LogP contribution >= 0.6 is 35.0 Å². The third-order valence-corrected chi connectivity index (χ3v) is 7.76. The summed E-state index contributed by atoms with van der Waals surface area (Å²) in [6.45, 7) is 3.88. The number of carbonyl (C=O) groups is 2. The van der Waals surface area contributed by atoms with Crippen LogP contribution in [0.4, 0.5) is 4.39 Å². The first-order chi connectivity index (χ1) is 17.8. The van der Waals surface area contributed by atoms with Crippen LogP contribution in [0.15, 0.2) is 72.8 Å². The number of hydrogen-bond acceptors (Lipinski definition) is 3. The molecule has 0 aliphatic heterocycles. The van der Waals surface area contributed by atoms with E-state index in [9.17, 15) is 14.0 Å². The standard InChI is InChI=1S/C29H31Cl2FN2O2S/c1-3-20(2)33-29(36)27(16-21-10-5-4-6-11-21)34(17-22-12-7-8-15-26(22)32)28(35)19-37-18-23-24(30)13-9-14-25(23)31/h4-15,20,27H,3,16-19H2,1-2H3,(H,33,36)/t20-,27-/m0/s1. The van der Waals surface area contributed by atoms with Gasteiger partial charge in [0, 0.05) is 40.4 Å². The quantitative estimate of drug-likeness (QED) is 0.261. The normalized spacial score (nSPS) is 12.6. The van der Waals surface area contributed by atoms with Gasteiger partial charge in [-0.1, -0.05) is 84.7 Å². The Labute approximate surface area is 232 Å². The fourth-order valence-corrected chi connectivity index (χ4v) is 5.45. The van der Waals surface area contributed by atoms with Gasteiger partial charge in [-0.25, -0.2) is 4.39 Å². The highest BCUT2D eigenvalue weighted by molar-refractivity contribution is 7.99. The van der Waals surface area contributed by atoms with Gasteiger partial charge in [0.2, 0.25) is 11.8 Å². The molecule has 0 spiro atoms. The van der Waals surface area contributed by atoms with E-state index in [1.165, 1.54) is 22.7 Å². The Kier molecular flexibility index (Phi) is 11.3. The lowest BCUT2D eigenvalue weighted by Crippen LogP contribution is -2.52. The monoisotopic (exact) mass is 560 g/mol. The van der Waals surface area contributed by atoms with Crippen molar-refractivity contribution in [2.24, 2.45) is 0 Å². The fraction of sp³-hybridized carbons (Fsp3) is 0.310. The number of benzene rings is 3. The topological polar surface area (TPSA) is 49.4 Å². The van der Waals surface area contributed by atoms with E-state index in [1.54, 1.807) is 36.4 Å². The summed E-state index contributed by atoms with van der Waals surface area (Å²) in [6, 6.07) is 20.3. The van der Waals surface area contributed by atoms with Gasteiger partial charge in [0.25, 0.3) is 0 Å². The minimum absolute atomic E-state index is 0.0235. The Morgan fingerprint density at radius 2 is 1.62 bits per heavy atom. The summed E-state index contributed by atoms with van der Waals surface area (Å²) in [5.41, 5.74) is 2.01. The largest absolute Gasteiger partial charge is 0.352 e. The van der Waals surface area contributed by atoms with Crippen LogP contribution in [0.3, 0.4) is 0 Å². The van der Waals surface area contributed by atoms with Gasteiger partial charge in [0.1, 0.15) is 11.9 Å². The maximum absolute atomic E-state index is 14.7. The van der Waals surface area contributed by atoms with Crippen LogP contribution in [0.25, 0.3) is 0 Å². The number of amides is 2. The molecule has 0 saturated carbocycles. The van der Waals surface area contributed by atoms with Crippen molar-refractivity contribution in [1.29, 1.82) is 0 Å². The van der Waals surface area contributed by atoms with E-state index in [2.05, 4.69) is 5.32 Å². The van der Waals surface area contributed by atoms with Gasteiger partial charge in [0.15, 0.2) is 0 Å². The first-order valence-electron chi connectivity index (χ1n) is 12.2. The Bertz CT molecular complexity index is 1180. The molecule has 0 radical (unpaired) electrons. The molecule has 0 bridgehead atoms. The van der Waals surface area contributed by atoms with E-state index in [0.717, 1.165) is 17.5 Å². The van der Waals surface area contributed by atoms with Gasteiger partial charge < -0.3 is 10.2 Å². The molecule has 196 valence electrons. The second kappa shape index (κ2) is 14.4. The molecule has 3 aromatic carbocycles. The highest BCUT2D eigenvalue weighted by Gasteiger charge is 2.31. The average Bonchev–Trinajstić information content (AvgIpc) is 2.89. The SMILES string of the molecule is CC[C@H](C)NC(=O)[C@H](Cc1ccccc1)N(Cc1ccccc1F)C(=O)CSCc1c(Cl)cccc1Cl. The number of nitrogens with one attached hydrogen (secondary N) is 1. The van der Waals surface area contributed by atoms with Crippen LogP contribution in [0.5, 0.6) is 0 Å². The number of thioether (sulfide) groups is 1. The Morgan fingerprint density at radius 3 is 2.27 bits per heavy atom. The third-order valence-electron chi connectivity index (χ3n) is 6.10. The van der Waals surface area contributed by atoms with E-state index < -0.39 is 11.9 Å². The molecule has 0 fully saturated rings. The molecule has 37 heavy (non-hydrogen) atoms. The van der Waals surface area contributed by atoms with E-state index in [0.29, 0.717) is 27.8 Å². The Balaban J connectivity index is 1.89. The van der Waals surface area contributed by atoms with Gasteiger partial charge in [-0.3, -0.25) is 9.59 Å². The molecule has 4 nitrogen and oxygen atoms in total. The molecule has 2 amide bonds. The number of carbonyl (C=O) groups excluding carboxylic acids is 2. The molecule has 0 unspecified atom stereocenters. The maximum atomic E-state index is 14.7. The number of nitrogens with zero attached hydrogens (tertiary/aromatic N) is 1. The summed E-state index contributed by atoms with van der Waals surface area (Å²) in [5.74, 6) is -0.437. The summed E-state index contributed by atoms with van der Waals surface area (Å²) in [5, 5.41) is 4.08. The van der Waals surface area contributed by atoms with E-state index in [1.807, 2.05) is 44.2 Å². The molecule has 3 aromatic rings. The predicted octanol–water partition coefficient (Wildman–Crippen LogP) is 6.92. The molecule has 0 aliphatic carbocycles. The molecule has 8 heteroatoms. The summed E-state index contributed by atoms with van der Waals surface area (Å²) in [4.78, 5) is 28.6. The van der Waals surface area contributed by atoms with Crippen LogP contribution in [-0.2, 0) is 28.3 Å². The van der Waals surface area contributed by atoms with Crippen LogP contribution in [0.1, 0.15) is 37.0 Å². The van der Waals surface area contributed by atoms with Crippen molar-refractivity contribution >= 4 is 46.8 Å². The van der Waals surface area contributed by atoms with Gasteiger partial charge in [-0.15, -0.1) is 11.8 Å². The maximum Gasteiger partial charge on any atom is 0.243 e. The zero-order valence-electron chi connectivity index (χ0n) is 20.9. The minimum Gasteiger partial charge on any atom is -0.352 e. The van der Waals surface area contributed by atoms with Crippen LogP contribution in [0.2, 0.25) is 10.0 Å². The second-order valence-electron chi connectivity index (χ2n) is 8.83. The summed E-state index contributed by atoms with van der Waals surface area (Å²) < 4.78 is 14.7. The number of halogens is 3. The molecule has 0 heterocycles. The summed E-state index contributed by atoms with van der Waals surface area (Å²) in [7, 11) is 0. The van der Waals surface area contributed by atoms with Crippen molar-refractivity contribution in [2.75, 3.05) is 5.75 Å². The number of rotatable bonds is 12. The second-order valence-corrected chi connectivity index (χ2v) is 10.6. The molecule has 2 atom stereocenters. The van der Waals surface area contributed by atoms with E-state index in [-0.39, 0.29) is 30.2 Å². The zero-order valence-corrected chi connectivity index (χ0v) is 23.3. The highest BCUT2D eigenvalue weighted by atomic mass is 35.5. The molecule has 1 N–H and O–H groups in total. The molecule has 0 aliphatic rings. The van der Waals surface area contributed by atoms with Crippen molar-refractivity contribution in [2.45, 2.75) is 51.1 Å². The average molecular weight is 562 g/mol. The number of hydrogen-bond donors (Lipinski definition) is 1. The molecule has 0 aromatic heterocycles. The smallest absolute Gasteiger partial charge is 0.243 e. The Morgan fingerprint density at radius 1 is 0.973 bits per heavy atom. The van der Waals surface area contributed by atoms with Gasteiger partial charge in [-0.2, -0.15) is 0 Å². The lowest BCUT2D eigenvalue weighted by Gasteiger charge is -2.32. The summed E-state index contributed by atoms with van der Waals surface area (Å²) >= 11 is 13.9. The summed E-state index contributed by atoms with van der Waals surface area (Å²) in [6.07, 6.45) is 1.06. The van der Waals surface area contributed by atoms with Gasteiger partial charge in [-0.05, 0) is 42.7 Å². The van der Waals surface area contributed by atoms with E-state index in [4.69, 9.17) is 23.2 Å². The van der Waals surface area contributed by atoms with Crippen molar-refractivity contribution in [3.8, 4) is 0 Å². The van der Waals surface area contributed by atoms with Crippen LogP contribution in [0, 0.1) is 5.82 Å². The zero-order chi connectivity index (χ0) is 26.8. The van der Waals surface area contributed by atoms with Gasteiger partial charge >= 0.3 is 0 Å².